The lowest BCUT2D eigenvalue weighted by Crippen LogP contribution is -2.27. The van der Waals surface area contributed by atoms with Gasteiger partial charge in [-0.2, -0.15) is 0 Å². The molecule has 0 fully saturated rings. The molecule has 0 spiro atoms. The number of nitrogens with zero attached hydrogens (tertiary/aromatic N) is 1. The minimum absolute atomic E-state index is 0.129. The number of hydrogen-bond donors (Lipinski definition) is 1. The normalized spacial score (nSPS) is 11.4. The van der Waals surface area contributed by atoms with E-state index in [1.54, 1.807) is 18.2 Å². The second-order valence-electron chi connectivity index (χ2n) is 4.84. The summed E-state index contributed by atoms with van der Waals surface area (Å²) in [6.45, 7) is 0.672. The molecule has 0 aliphatic carbocycles. The third-order valence-electron chi connectivity index (χ3n) is 3.00. The van der Waals surface area contributed by atoms with Crippen LogP contribution in [-0.4, -0.2) is 45.9 Å². The molecule has 1 amide bonds. The first-order valence-electron chi connectivity index (χ1n) is 6.88. The molecule has 0 bridgehead atoms. The van der Waals surface area contributed by atoms with Gasteiger partial charge < -0.3 is 10.1 Å². The maximum absolute atomic E-state index is 11.9. The number of carbonyl (C=O) groups is 1. The molecule has 0 saturated carbocycles. The van der Waals surface area contributed by atoms with E-state index in [9.17, 15) is 13.2 Å². The molecule has 1 N–H and O–H groups in total. The summed E-state index contributed by atoms with van der Waals surface area (Å²) in [6, 6.07) is 9.75. The molecular weight excluding hydrogens is 336 g/mol. The number of thiophene rings is 1. The SMILES string of the molecule is CN(C)S(=O)(=O)c1ccc(OCCNC(=O)c2cccs2)cc1. The van der Waals surface area contributed by atoms with Gasteiger partial charge in [-0.05, 0) is 35.7 Å². The van der Waals surface area contributed by atoms with Gasteiger partial charge in [0, 0.05) is 14.1 Å². The Morgan fingerprint density at radius 3 is 2.48 bits per heavy atom. The topological polar surface area (TPSA) is 75.7 Å². The lowest BCUT2D eigenvalue weighted by atomic mass is 10.3. The van der Waals surface area contributed by atoms with Crippen LogP contribution in [0.1, 0.15) is 9.67 Å². The maximum atomic E-state index is 11.9. The van der Waals surface area contributed by atoms with E-state index in [1.807, 2.05) is 11.4 Å². The molecule has 2 aromatic rings. The average molecular weight is 354 g/mol. The number of hydrogen-bond acceptors (Lipinski definition) is 5. The van der Waals surface area contributed by atoms with Gasteiger partial charge in [0.05, 0.1) is 16.3 Å². The maximum Gasteiger partial charge on any atom is 0.261 e. The fourth-order valence-corrected chi connectivity index (χ4v) is 3.29. The van der Waals surface area contributed by atoms with Crippen molar-refractivity contribution < 1.29 is 17.9 Å². The highest BCUT2D eigenvalue weighted by atomic mass is 32.2. The van der Waals surface area contributed by atoms with Crippen molar-refractivity contribution in [3.8, 4) is 5.75 Å². The lowest BCUT2D eigenvalue weighted by Gasteiger charge is -2.12. The summed E-state index contributed by atoms with van der Waals surface area (Å²) in [7, 11) is -0.469. The molecule has 0 saturated heterocycles. The van der Waals surface area contributed by atoms with Gasteiger partial charge in [0.15, 0.2) is 0 Å². The summed E-state index contributed by atoms with van der Waals surface area (Å²) in [5.74, 6) is 0.420. The quantitative estimate of drug-likeness (QED) is 0.770. The van der Waals surface area contributed by atoms with Crippen molar-refractivity contribution in [2.24, 2.45) is 0 Å². The van der Waals surface area contributed by atoms with Crippen LogP contribution < -0.4 is 10.1 Å². The summed E-state index contributed by atoms with van der Waals surface area (Å²) >= 11 is 1.38. The van der Waals surface area contributed by atoms with Crippen molar-refractivity contribution in [2.75, 3.05) is 27.2 Å². The van der Waals surface area contributed by atoms with Crippen LogP contribution in [0, 0.1) is 0 Å². The number of rotatable bonds is 7. The van der Waals surface area contributed by atoms with Crippen molar-refractivity contribution in [1.82, 2.24) is 9.62 Å². The largest absolute Gasteiger partial charge is 0.492 e. The van der Waals surface area contributed by atoms with E-state index >= 15 is 0 Å². The van der Waals surface area contributed by atoms with E-state index in [0.29, 0.717) is 23.8 Å². The monoisotopic (exact) mass is 354 g/mol. The zero-order chi connectivity index (χ0) is 16.9. The van der Waals surface area contributed by atoms with Crippen LogP contribution in [0.3, 0.4) is 0 Å². The van der Waals surface area contributed by atoms with E-state index in [-0.39, 0.29) is 10.8 Å². The first kappa shape index (κ1) is 17.5. The average Bonchev–Trinajstić information content (AvgIpc) is 3.06. The third kappa shape index (κ3) is 4.54. The number of ether oxygens (including phenoxy) is 1. The molecule has 0 unspecified atom stereocenters. The standard InChI is InChI=1S/C15H18N2O4S2/c1-17(2)23(19,20)13-7-5-12(6-8-13)21-10-9-16-15(18)14-4-3-11-22-14/h3-8,11H,9-10H2,1-2H3,(H,16,18). The first-order valence-corrected chi connectivity index (χ1v) is 9.20. The molecule has 1 heterocycles. The van der Waals surface area contributed by atoms with Gasteiger partial charge in [-0.3, -0.25) is 4.79 Å². The smallest absolute Gasteiger partial charge is 0.261 e. The molecule has 1 aromatic heterocycles. The van der Waals surface area contributed by atoms with Crippen LogP contribution in [-0.2, 0) is 10.0 Å². The van der Waals surface area contributed by atoms with Gasteiger partial charge in [-0.1, -0.05) is 6.07 Å². The zero-order valence-corrected chi connectivity index (χ0v) is 14.5. The Hall–Kier alpha value is -1.90. The Morgan fingerprint density at radius 2 is 1.91 bits per heavy atom. The van der Waals surface area contributed by atoms with Crippen molar-refractivity contribution in [1.29, 1.82) is 0 Å². The molecule has 0 aliphatic rings. The van der Waals surface area contributed by atoms with Crippen LogP contribution in [0.25, 0.3) is 0 Å². The first-order chi connectivity index (χ1) is 10.9. The lowest BCUT2D eigenvalue weighted by molar-refractivity contribution is 0.0951. The number of sulfonamides is 1. The number of carbonyl (C=O) groups excluding carboxylic acids is 1. The highest BCUT2D eigenvalue weighted by Gasteiger charge is 2.16. The molecule has 6 nitrogen and oxygen atoms in total. The Morgan fingerprint density at radius 1 is 1.22 bits per heavy atom. The van der Waals surface area contributed by atoms with Crippen LogP contribution in [0.4, 0.5) is 0 Å². The van der Waals surface area contributed by atoms with Gasteiger partial charge in [0.2, 0.25) is 10.0 Å². The summed E-state index contributed by atoms with van der Waals surface area (Å²) < 4.78 is 30.5. The van der Waals surface area contributed by atoms with Gasteiger partial charge in [0.25, 0.3) is 5.91 Å². The van der Waals surface area contributed by atoms with Crippen LogP contribution in [0.15, 0.2) is 46.7 Å². The van der Waals surface area contributed by atoms with Gasteiger partial charge in [0.1, 0.15) is 12.4 Å². The number of nitrogens with one attached hydrogen (secondary N) is 1. The van der Waals surface area contributed by atoms with Gasteiger partial charge >= 0.3 is 0 Å². The predicted molar refractivity (Wildman–Crippen MR) is 89.5 cm³/mol. The molecule has 0 atom stereocenters. The molecule has 2 rings (SSSR count). The minimum atomic E-state index is -3.43. The highest BCUT2D eigenvalue weighted by Crippen LogP contribution is 2.17. The molecule has 0 aliphatic heterocycles. The van der Waals surface area contributed by atoms with E-state index in [0.717, 1.165) is 4.31 Å². The number of amides is 1. The predicted octanol–water partition coefficient (Wildman–Crippen LogP) is 1.81. The van der Waals surface area contributed by atoms with E-state index in [2.05, 4.69) is 5.32 Å². The molecule has 1 aromatic carbocycles. The second-order valence-corrected chi connectivity index (χ2v) is 7.94. The van der Waals surface area contributed by atoms with Crippen LogP contribution >= 0.6 is 11.3 Å². The third-order valence-corrected chi connectivity index (χ3v) is 5.70. The molecule has 8 heteroatoms. The zero-order valence-electron chi connectivity index (χ0n) is 12.9. The molecule has 124 valence electrons. The Bertz CT molecular complexity index is 738. The minimum Gasteiger partial charge on any atom is -0.492 e. The molecule has 0 radical (unpaired) electrons. The summed E-state index contributed by atoms with van der Waals surface area (Å²) in [4.78, 5) is 12.6. The Balaban J connectivity index is 1.82. The molecular formula is C15H18N2O4S2. The Kier molecular flexibility index (Phi) is 5.75. The van der Waals surface area contributed by atoms with Crippen molar-refractivity contribution in [2.45, 2.75) is 4.90 Å². The van der Waals surface area contributed by atoms with Gasteiger partial charge in [-0.25, -0.2) is 12.7 Å². The Labute approximate surface area is 139 Å². The van der Waals surface area contributed by atoms with Crippen LogP contribution in [0.2, 0.25) is 0 Å². The van der Waals surface area contributed by atoms with Crippen molar-refractivity contribution >= 4 is 27.3 Å². The van der Waals surface area contributed by atoms with E-state index in [4.69, 9.17) is 4.74 Å². The summed E-state index contributed by atoms with van der Waals surface area (Å²) in [6.07, 6.45) is 0. The van der Waals surface area contributed by atoms with Gasteiger partial charge in [-0.15, -0.1) is 11.3 Å². The van der Waals surface area contributed by atoms with Crippen molar-refractivity contribution in [3.63, 3.8) is 0 Å². The summed E-state index contributed by atoms with van der Waals surface area (Å²) in [5, 5.41) is 4.59. The van der Waals surface area contributed by atoms with Crippen molar-refractivity contribution in [3.05, 3.63) is 46.7 Å². The second kappa shape index (κ2) is 7.58. The van der Waals surface area contributed by atoms with E-state index in [1.165, 1.54) is 37.6 Å². The number of benzene rings is 1. The highest BCUT2D eigenvalue weighted by molar-refractivity contribution is 7.89. The molecule has 23 heavy (non-hydrogen) atoms. The summed E-state index contributed by atoms with van der Waals surface area (Å²) in [5.41, 5.74) is 0. The van der Waals surface area contributed by atoms with E-state index < -0.39 is 10.0 Å². The van der Waals surface area contributed by atoms with Crippen LogP contribution in [0.5, 0.6) is 5.75 Å². The fourth-order valence-electron chi connectivity index (χ4n) is 1.75. The fraction of sp³-hybridized carbons (Fsp3) is 0.267.